The van der Waals surface area contributed by atoms with E-state index < -0.39 is 0 Å². The van der Waals surface area contributed by atoms with Crippen molar-refractivity contribution in [1.29, 1.82) is 5.26 Å². The summed E-state index contributed by atoms with van der Waals surface area (Å²) in [6, 6.07) is 1.71. The Hall–Kier alpha value is -0.445. The molecule has 0 rings (SSSR count). The minimum atomic E-state index is 0.125. The van der Waals surface area contributed by atoms with E-state index in [0.29, 0.717) is 0 Å². The first-order valence-electron chi connectivity index (χ1n) is 0.985. The van der Waals surface area contributed by atoms with Crippen LogP contribution in [0.15, 0.2) is 0 Å². The first-order valence-corrected chi connectivity index (χ1v) is 0.985. The molecule has 2 radical (unpaired) electrons. The summed E-state index contributed by atoms with van der Waals surface area (Å²) >= 11 is 0. The van der Waals surface area contributed by atoms with Crippen molar-refractivity contribution in [3.05, 3.63) is 0 Å². The van der Waals surface area contributed by atoms with E-state index in [1.807, 2.05) is 0 Å². The van der Waals surface area contributed by atoms with Crippen molar-refractivity contribution < 1.29 is 0 Å². The van der Waals surface area contributed by atoms with Gasteiger partial charge in [-0.2, -0.15) is 5.26 Å². The van der Waals surface area contributed by atoms with Crippen molar-refractivity contribution in [2.75, 3.05) is 0 Å². The lowest BCUT2D eigenvalue weighted by atomic mass is 10.1. The van der Waals surface area contributed by atoms with Crippen LogP contribution in [0.1, 0.15) is 0 Å². The Kier molecular flexibility index (Phi) is 2.27. The van der Waals surface area contributed by atoms with E-state index in [0.717, 1.165) is 0 Å². The van der Waals surface area contributed by atoms with Gasteiger partial charge in [0.1, 0.15) is 0 Å². The molecule has 0 fully saturated rings. The van der Waals surface area contributed by atoms with Gasteiger partial charge >= 0.3 is 0 Å². The Morgan fingerprint density at radius 1 is 2.00 bits per heavy atom. The molecule has 1 nitrogen and oxygen atoms in total. The summed E-state index contributed by atoms with van der Waals surface area (Å²) in [6.45, 7) is 0. The summed E-state index contributed by atoms with van der Waals surface area (Å²) < 4.78 is 0. The monoisotopic (exact) mass is 51.0 g/mol. The topological polar surface area (TPSA) is 23.8 Å². The number of nitriles is 1. The first-order chi connectivity index (χ1) is 1.91. The molecule has 0 saturated carbocycles. The second-order valence-corrected chi connectivity index (χ2v) is 0.362. The molecule has 0 unspecified atom stereocenters. The van der Waals surface area contributed by atoms with Gasteiger partial charge in [0.2, 0.25) is 0 Å². The second-order valence-electron chi connectivity index (χ2n) is 0.362. The second kappa shape index (κ2) is 2.55. The van der Waals surface area contributed by atoms with Crippen molar-refractivity contribution in [3.8, 4) is 6.07 Å². The highest BCUT2D eigenvalue weighted by Crippen LogP contribution is 1.52. The van der Waals surface area contributed by atoms with Crippen LogP contribution in [0.4, 0.5) is 0 Å². The van der Waals surface area contributed by atoms with Gasteiger partial charge in [-0.15, -0.1) is 0 Å². The molecule has 0 atom stereocenters. The molecule has 0 amide bonds. The molecule has 0 aromatic heterocycles. The lowest BCUT2D eigenvalue weighted by Crippen LogP contribution is -1.48. The van der Waals surface area contributed by atoms with Gasteiger partial charge in [-0.05, 0) is 6.32 Å². The van der Waals surface area contributed by atoms with Crippen molar-refractivity contribution in [3.63, 3.8) is 0 Å². The number of rotatable bonds is 0. The standard InChI is InChI=1S/C2H2BN/c3-1-2-4/h1H2. The fourth-order valence-electron chi connectivity index (χ4n) is 0. The van der Waals surface area contributed by atoms with Crippen LogP contribution in [-0.2, 0) is 0 Å². The molecule has 0 saturated heterocycles. The summed E-state index contributed by atoms with van der Waals surface area (Å²) in [5.41, 5.74) is 0. The van der Waals surface area contributed by atoms with E-state index in [1.54, 1.807) is 6.07 Å². The molecule has 0 aromatic carbocycles. The zero-order chi connectivity index (χ0) is 3.41. The molecule has 0 spiro atoms. The third-order valence-electron chi connectivity index (χ3n) is 0.0913. The summed E-state index contributed by atoms with van der Waals surface area (Å²) in [5, 5.41) is 7.50. The predicted octanol–water partition coefficient (Wildman–Crippen LogP) is 0.0968. The summed E-state index contributed by atoms with van der Waals surface area (Å²) in [7, 11) is 4.67. The minimum absolute atomic E-state index is 0.125. The molecule has 0 N–H and O–H groups in total. The zero-order valence-electron chi connectivity index (χ0n) is 2.23. The van der Waals surface area contributed by atoms with E-state index in [2.05, 4.69) is 7.85 Å². The van der Waals surface area contributed by atoms with Crippen molar-refractivity contribution in [2.45, 2.75) is 6.32 Å². The van der Waals surface area contributed by atoms with E-state index in [9.17, 15) is 0 Å². The number of hydrogen-bond acceptors (Lipinski definition) is 1. The SMILES string of the molecule is [B]CC#N. The van der Waals surface area contributed by atoms with Crippen LogP contribution >= 0.6 is 0 Å². The lowest BCUT2D eigenvalue weighted by Gasteiger charge is -1.46. The highest BCUT2D eigenvalue weighted by atomic mass is 14.2. The molecular formula is C2H2BN. The Morgan fingerprint density at radius 2 is 2.25 bits per heavy atom. The maximum Gasteiger partial charge on any atom is 0.0857 e. The summed E-state index contributed by atoms with van der Waals surface area (Å²) in [6.07, 6.45) is 0.125. The van der Waals surface area contributed by atoms with Crippen molar-refractivity contribution in [1.82, 2.24) is 0 Å². The molecule has 0 aliphatic heterocycles. The van der Waals surface area contributed by atoms with Gasteiger partial charge in [-0.25, -0.2) is 0 Å². The van der Waals surface area contributed by atoms with Gasteiger partial charge in [-0.1, -0.05) is 0 Å². The third-order valence-corrected chi connectivity index (χ3v) is 0.0913. The summed E-state index contributed by atoms with van der Waals surface area (Å²) in [5.74, 6) is 0. The van der Waals surface area contributed by atoms with Gasteiger partial charge in [0.05, 0.1) is 13.9 Å². The van der Waals surface area contributed by atoms with Crippen molar-refractivity contribution >= 4 is 7.85 Å². The van der Waals surface area contributed by atoms with Crippen LogP contribution in [-0.4, -0.2) is 7.85 Å². The molecule has 0 bridgehead atoms. The van der Waals surface area contributed by atoms with Gasteiger partial charge in [0.15, 0.2) is 0 Å². The Morgan fingerprint density at radius 3 is 2.25 bits per heavy atom. The first kappa shape index (κ1) is 3.55. The maximum absolute atomic E-state index is 7.50. The van der Waals surface area contributed by atoms with Crippen LogP contribution in [0.25, 0.3) is 0 Å². The van der Waals surface area contributed by atoms with Crippen LogP contribution in [0, 0.1) is 11.3 Å². The van der Waals surface area contributed by atoms with Gasteiger partial charge in [0, 0.05) is 0 Å². The Labute approximate surface area is 26.6 Å². The fraction of sp³-hybridized carbons (Fsp3) is 0.500. The zero-order valence-corrected chi connectivity index (χ0v) is 2.23. The number of nitrogens with zero attached hydrogens (tertiary/aromatic N) is 1. The van der Waals surface area contributed by atoms with E-state index in [4.69, 9.17) is 5.26 Å². The normalized spacial score (nSPS) is 4.75. The quantitative estimate of drug-likeness (QED) is 0.358. The van der Waals surface area contributed by atoms with Gasteiger partial charge in [-0.3, -0.25) is 0 Å². The van der Waals surface area contributed by atoms with Gasteiger partial charge < -0.3 is 0 Å². The van der Waals surface area contributed by atoms with E-state index in [1.165, 1.54) is 0 Å². The molecule has 0 aromatic rings. The average Bonchev–Trinajstić information content (AvgIpc) is 1.37. The maximum atomic E-state index is 7.50. The van der Waals surface area contributed by atoms with E-state index >= 15 is 0 Å². The molecule has 2 heteroatoms. The Balaban J connectivity index is 2.43. The van der Waals surface area contributed by atoms with E-state index in [-0.39, 0.29) is 6.32 Å². The average molecular weight is 50.9 g/mol. The largest absolute Gasteiger partial charge is 0.199 e. The van der Waals surface area contributed by atoms with Crippen molar-refractivity contribution in [2.24, 2.45) is 0 Å². The number of hydrogen-bond donors (Lipinski definition) is 0. The lowest BCUT2D eigenvalue weighted by molar-refractivity contribution is 1.48. The third kappa shape index (κ3) is 1.55. The highest BCUT2D eigenvalue weighted by molar-refractivity contribution is 6.10. The predicted molar refractivity (Wildman–Crippen MR) is 16.2 cm³/mol. The molecule has 18 valence electrons. The highest BCUT2D eigenvalue weighted by Gasteiger charge is 1.50. The fourth-order valence-corrected chi connectivity index (χ4v) is 0. The Bertz CT molecular complexity index is 35.8. The van der Waals surface area contributed by atoms with Crippen LogP contribution in [0.5, 0.6) is 0 Å². The minimum Gasteiger partial charge on any atom is -0.199 e. The van der Waals surface area contributed by atoms with Crippen LogP contribution in [0.3, 0.4) is 0 Å². The molecule has 0 aliphatic rings. The summed E-state index contributed by atoms with van der Waals surface area (Å²) in [4.78, 5) is 0. The van der Waals surface area contributed by atoms with Crippen LogP contribution < -0.4 is 0 Å². The molecule has 0 aliphatic carbocycles. The molecule has 4 heavy (non-hydrogen) atoms. The van der Waals surface area contributed by atoms with Gasteiger partial charge in [0.25, 0.3) is 0 Å². The molecule has 0 heterocycles. The molecular weight excluding hydrogens is 48.8 g/mol. The smallest absolute Gasteiger partial charge is 0.0857 e. The van der Waals surface area contributed by atoms with Crippen LogP contribution in [0.2, 0.25) is 6.32 Å².